The van der Waals surface area contributed by atoms with Gasteiger partial charge in [0.05, 0.1) is 6.10 Å². The molecule has 0 amide bonds. The highest BCUT2D eigenvalue weighted by Crippen LogP contribution is 2.28. The lowest BCUT2D eigenvalue weighted by Gasteiger charge is -2.21. The predicted molar refractivity (Wildman–Crippen MR) is 44.6 cm³/mol. The highest BCUT2D eigenvalue weighted by molar-refractivity contribution is 4.88. The molecule has 0 aliphatic carbocycles. The fourth-order valence-electron chi connectivity index (χ4n) is 2.37. The first-order valence-electron chi connectivity index (χ1n) is 4.74. The van der Waals surface area contributed by atoms with Crippen molar-refractivity contribution in [1.29, 1.82) is 0 Å². The van der Waals surface area contributed by atoms with E-state index in [-0.39, 0.29) is 0 Å². The van der Waals surface area contributed by atoms with Crippen molar-refractivity contribution in [2.24, 2.45) is 5.92 Å². The van der Waals surface area contributed by atoms with Crippen molar-refractivity contribution in [2.75, 3.05) is 26.2 Å². The molecule has 0 N–H and O–H groups in total. The minimum absolute atomic E-state index is 0.558. The van der Waals surface area contributed by atoms with Crippen molar-refractivity contribution in [1.82, 2.24) is 4.90 Å². The van der Waals surface area contributed by atoms with Gasteiger partial charge in [-0.05, 0) is 32.2 Å². The van der Waals surface area contributed by atoms with Gasteiger partial charge in [0.1, 0.15) is 0 Å². The van der Waals surface area contributed by atoms with Crippen LogP contribution in [0.25, 0.3) is 0 Å². The Hall–Kier alpha value is -0.0800. The monoisotopic (exact) mass is 155 g/mol. The Kier molecular flexibility index (Phi) is 2.14. The van der Waals surface area contributed by atoms with Gasteiger partial charge in [0.2, 0.25) is 0 Å². The van der Waals surface area contributed by atoms with Crippen LogP contribution in [0.4, 0.5) is 0 Å². The Bertz CT molecular complexity index is 138. The minimum atomic E-state index is 0.558. The first-order chi connectivity index (χ1) is 5.40. The third-order valence-electron chi connectivity index (χ3n) is 2.89. The quantitative estimate of drug-likeness (QED) is 0.592. The second kappa shape index (κ2) is 3.11. The van der Waals surface area contributed by atoms with Crippen LogP contribution in [0.3, 0.4) is 0 Å². The van der Waals surface area contributed by atoms with E-state index in [0.717, 1.165) is 12.5 Å². The molecule has 2 bridgehead atoms. The summed E-state index contributed by atoms with van der Waals surface area (Å²) in [4.78, 5) is 2.54. The van der Waals surface area contributed by atoms with Crippen molar-refractivity contribution >= 4 is 0 Å². The van der Waals surface area contributed by atoms with E-state index in [2.05, 4.69) is 11.8 Å². The summed E-state index contributed by atoms with van der Waals surface area (Å²) in [6.07, 6.45) is 3.33. The molecule has 2 aliphatic rings. The molecule has 2 rings (SSSR count). The van der Waals surface area contributed by atoms with Crippen molar-refractivity contribution in [3.8, 4) is 0 Å². The molecule has 0 spiro atoms. The van der Waals surface area contributed by atoms with Crippen molar-refractivity contribution in [3.63, 3.8) is 0 Å². The first kappa shape index (κ1) is 7.56. The Morgan fingerprint density at radius 3 is 3.09 bits per heavy atom. The zero-order valence-corrected chi connectivity index (χ0v) is 7.25. The van der Waals surface area contributed by atoms with Gasteiger partial charge in [0.25, 0.3) is 0 Å². The minimum Gasteiger partial charge on any atom is -0.377 e. The number of piperidine rings is 1. The average molecular weight is 155 g/mol. The van der Waals surface area contributed by atoms with Crippen LogP contribution in [0.15, 0.2) is 0 Å². The van der Waals surface area contributed by atoms with Gasteiger partial charge in [0.15, 0.2) is 0 Å². The molecule has 3 atom stereocenters. The third kappa shape index (κ3) is 1.42. The van der Waals surface area contributed by atoms with Crippen LogP contribution < -0.4 is 0 Å². The van der Waals surface area contributed by atoms with Gasteiger partial charge in [-0.1, -0.05) is 0 Å². The molecule has 0 aromatic carbocycles. The highest BCUT2D eigenvalue weighted by Gasteiger charge is 2.35. The fraction of sp³-hybridized carbons (Fsp3) is 1.00. The first-order valence-corrected chi connectivity index (χ1v) is 4.74. The number of rotatable bonds is 2. The molecule has 0 aromatic heterocycles. The second-order valence-electron chi connectivity index (χ2n) is 3.66. The van der Waals surface area contributed by atoms with Crippen LogP contribution in [0, 0.1) is 5.92 Å². The lowest BCUT2D eigenvalue weighted by molar-refractivity contribution is 0.0449. The molecule has 3 unspecified atom stereocenters. The van der Waals surface area contributed by atoms with Crippen LogP contribution in [0.1, 0.15) is 19.8 Å². The van der Waals surface area contributed by atoms with E-state index in [9.17, 15) is 0 Å². The van der Waals surface area contributed by atoms with E-state index in [1.807, 2.05) is 0 Å². The molecule has 2 aliphatic heterocycles. The Morgan fingerprint density at radius 1 is 1.45 bits per heavy atom. The number of hydrogen-bond donors (Lipinski definition) is 0. The topological polar surface area (TPSA) is 12.5 Å². The van der Waals surface area contributed by atoms with Gasteiger partial charge in [-0.15, -0.1) is 0 Å². The molecule has 2 heterocycles. The van der Waals surface area contributed by atoms with Crippen LogP contribution in [0.2, 0.25) is 0 Å². The normalized spacial score (nSPS) is 42.8. The smallest absolute Gasteiger partial charge is 0.0742 e. The third-order valence-corrected chi connectivity index (χ3v) is 2.89. The zero-order chi connectivity index (χ0) is 7.68. The van der Waals surface area contributed by atoms with Crippen LogP contribution in [-0.2, 0) is 4.74 Å². The Balaban J connectivity index is 1.92. The van der Waals surface area contributed by atoms with Crippen LogP contribution in [-0.4, -0.2) is 37.2 Å². The molecular weight excluding hydrogens is 138 g/mol. The summed E-state index contributed by atoms with van der Waals surface area (Å²) in [5.74, 6) is 0.851. The highest BCUT2D eigenvalue weighted by atomic mass is 16.5. The summed E-state index contributed by atoms with van der Waals surface area (Å²) < 4.78 is 5.68. The maximum Gasteiger partial charge on any atom is 0.0742 e. The maximum atomic E-state index is 5.68. The molecule has 0 aromatic rings. The van der Waals surface area contributed by atoms with E-state index in [0.29, 0.717) is 6.10 Å². The zero-order valence-electron chi connectivity index (χ0n) is 7.25. The average Bonchev–Trinajstić information content (AvgIpc) is 2.29. The largest absolute Gasteiger partial charge is 0.377 e. The second-order valence-corrected chi connectivity index (χ2v) is 3.66. The Morgan fingerprint density at radius 2 is 2.36 bits per heavy atom. The number of hydrogen-bond acceptors (Lipinski definition) is 2. The number of fused-ring (bicyclic) bond motifs is 2. The van der Waals surface area contributed by atoms with Gasteiger partial charge < -0.3 is 9.64 Å². The standard InChI is InChI=1S/C9H17NO/c1-2-11-9-7-10-5-3-4-8(9)6-10/h8-9H,2-7H2,1H3. The predicted octanol–water partition coefficient (Wildman–Crippen LogP) is 1.12. The molecule has 2 fully saturated rings. The lowest BCUT2D eigenvalue weighted by Crippen LogP contribution is -2.25. The van der Waals surface area contributed by atoms with Gasteiger partial charge >= 0.3 is 0 Å². The molecule has 2 nitrogen and oxygen atoms in total. The summed E-state index contributed by atoms with van der Waals surface area (Å²) >= 11 is 0. The molecule has 11 heavy (non-hydrogen) atoms. The summed E-state index contributed by atoms with van der Waals surface area (Å²) in [6, 6.07) is 0. The van der Waals surface area contributed by atoms with Gasteiger partial charge in [-0.2, -0.15) is 0 Å². The summed E-state index contributed by atoms with van der Waals surface area (Å²) in [5.41, 5.74) is 0. The van der Waals surface area contributed by atoms with Crippen molar-refractivity contribution < 1.29 is 4.74 Å². The summed E-state index contributed by atoms with van der Waals surface area (Å²) in [6.45, 7) is 6.77. The maximum absolute atomic E-state index is 5.68. The van der Waals surface area contributed by atoms with Gasteiger partial charge in [-0.25, -0.2) is 0 Å². The lowest BCUT2D eigenvalue weighted by atomic mass is 9.99. The number of ether oxygens (including phenoxy) is 1. The van der Waals surface area contributed by atoms with E-state index in [4.69, 9.17) is 4.74 Å². The van der Waals surface area contributed by atoms with Crippen molar-refractivity contribution in [2.45, 2.75) is 25.9 Å². The molecule has 2 heteroatoms. The van der Waals surface area contributed by atoms with Crippen LogP contribution in [0.5, 0.6) is 0 Å². The van der Waals surface area contributed by atoms with E-state index < -0.39 is 0 Å². The Labute approximate surface area is 68.5 Å². The summed E-state index contributed by atoms with van der Waals surface area (Å²) in [5, 5.41) is 0. The fourth-order valence-corrected chi connectivity index (χ4v) is 2.37. The molecule has 0 radical (unpaired) electrons. The van der Waals surface area contributed by atoms with E-state index >= 15 is 0 Å². The molecule has 64 valence electrons. The molecule has 2 saturated heterocycles. The van der Waals surface area contributed by atoms with Crippen LogP contribution >= 0.6 is 0 Å². The van der Waals surface area contributed by atoms with Gasteiger partial charge in [0, 0.05) is 19.7 Å². The summed E-state index contributed by atoms with van der Waals surface area (Å²) in [7, 11) is 0. The van der Waals surface area contributed by atoms with E-state index in [1.165, 1.54) is 32.5 Å². The SMILES string of the molecule is CCOC1CN2CCCC1C2. The number of nitrogens with zero attached hydrogens (tertiary/aromatic N) is 1. The van der Waals surface area contributed by atoms with Gasteiger partial charge in [-0.3, -0.25) is 0 Å². The molecular formula is C9H17NO. The van der Waals surface area contributed by atoms with Crippen molar-refractivity contribution in [3.05, 3.63) is 0 Å². The van der Waals surface area contributed by atoms with E-state index in [1.54, 1.807) is 0 Å². The molecule has 0 saturated carbocycles.